The number of Topliss-reactive ketones (excluding diaryl/α,β-unsaturated/α-hetero) is 1. The van der Waals surface area contributed by atoms with Crippen molar-refractivity contribution in [2.75, 3.05) is 6.54 Å². The molecule has 1 aromatic rings. The molecule has 2 aliphatic carbocycles. The molecule has 0 unspecified atom stereocenters. The van der Waals surface area contributed by atoms with Gasteiger partial charge in [-0.2, -0.15) is 0 Å². The normalized spacial score (nSPS) is 25.0. The number of fused-ring (bicyclic) bond motifs is 1. The minimum Gasteiger partial charge on any atom is -0.347 e. The Morgan fingerprint density at radius 3 is 2.55 bits per heavy atom. The molecule has 176 valence electrons. The maximum absolute atomic E-state index is 13.4. The van der Waals surface area contributed by atoms with Crippen LogP contribution in [-0.4, -0.2) is 53.1 Å². The zero-order chi connectivity index (χ0) is 23.4. The first-order valence-electron chi connectivity index (χ1n) is 12.2. The van der Waals surface area contributed by atoms with Gasteiger partial charge in [0.2, 0.25) is 17.6 Å². The van der Waals surface area contributed by atoms with Gasteiger partial charge in [-0.15, -0.1) is 0 Å². The smallest absolute Gasteiger partial charge is 0.289 e. The van der Waals surface area contributed by atoms with Crippen molar-refractivity contribution in [2.45, 2.75) is 70.0 Å². The number of hydrogen-bond donors (Lipinski definition) is 2. The first-order chi connectivity index (χ1) is 16.0. The maximum atomic E-state index is 13.4. The van der Waals surface area contributed by atoms with Gasteiger partial charge >= 0.3 is 0 Å². The summed E-state index contributed by atoms with van der Waals surface area (Å²) in [4.78, 5) is 53.2. The van der Waals surface area contributed by atoms with Gasteiger partial charge in [-0.05, 0) is 55.6 Å². The van der Waals surface area contributed by atoms with E-state index < -0.39 is 23.8 Å². The number of rotatable bonds is 9. The van der Waals surface area contributed by atoms with Gasteiger partial charge in [0.25, 0.3) is 5.91 Å². The lowest BCUT2D eigenvalue weighted by Crippen LogP contribution is -2.54. The third-order valence-corrected chi connectivity index (χ3v) is 7.01. The van der Waals surface area contributed by atoms with Gasteiger partial charge in [-0.3, -0.25) is 19.2 Å². The van der Waals surface area contributed by atoms with Crippen molar-refractivity contribution >= 4 is 29.6 Å². The van der Waals surface area contributed by atoms with E-state index >= 15 is 0 Å². The summed E-state index contributed by atoms with van der Waals surface area (Å²) in [6, 6.07) is 8.18. The molecule has 3 fully saturated rings. The summed E-state index contributed by atoms with van der Waals surface area (Å²) < 4.78 is 0. The quantitative estimate of drug-likeness (QED) is 0.445. The minimum atomic E-state index is -0.862. The van der Waals surface area contributed by atoms with Gasteiger partial charge in [0.05, 0.1) is 6.04 Å². The van der Waals surface area contributed by atoms with Crippen molar-refractivity contribution in [1.82, 2.24) is 15.5 Å². The molecule has 7 heteroatoms. The minimum absolute atomic E-state index is 0.0815. The van der Waals surface area contributed by atoms with Crippen LogP contribution in [0, 0.1) is 11.8 Å². The highest BCUT2D eigenvalue weighted by Gasteiger charge is 2.49. The molecule has 2 N–H and O–H groups in total. The van der Waals surface area contributed by atoms with Crippen LogP contribution in [0.4, 0.5) is 0 Å². The standard InChI is InChI=1S/C26H33N3O4/c1-2-7-21(24(31)26(33)27-19-13-14-19)28-25(32)23-20-11-6-10-18(20)16-29(23)22(30)15-12-17-8-4-3-5-9-17/h3-5,8-9,12,15,18-21,23H,2,6-7,10-11,13-14,16H2,1H3,(H,27,33)(H,28,32)/b15-12+/t18-,20-,21-,23-/m0/s1. The van der Waals surface area contributed by atoms with Crippen LogP contribution < -0.4 is 10.6 Å². The van der Waals surface area contributed by atoms with E-state index in [0.29, 0.717) is 25.3 Å². The Morgan fingerprint density at radius 2 is 1.85 bits per heavy atom. The molecule has 0 aromatic heterocycles. The van der Waals surface area contributed by atoms with E-state index in [9.17, 15) is 19.2 Å². The third kappa shape index (κ3) is 5.52. The highest BCUT2D eigenvalue weighted by molar-refractivity contribution is 6.38. The summed E-state index contributed by atoms with van der Waals surface area (Å²) in [6.07, 6.45) is 9.06. The zero-order valence-corrected chi connectivity index (χ0v) is 19.2. The van der Waals surface area contributed by atoms with E-state index in [1.165, 1.54) is 6.08 Å². The average Bonchev–Trinajstić information content (AvgIpc) is 3.38. The van der Waals surface area contributed by atoms with Crippen LogP contribution in [-0.2, 0) is 19.2 Å². The molecule has 33 heavy (non-hydrogen) atoms. The van der Waals surface area contributed by atoms with E-state index in [2.05, 4.69) is 10.6 Å². The molecular formula is C26H33N3O4. The molecule has 1 saturated heterocycles. The molecule has 3 amide bonds. The second-order valence-corrected chi connectivity index (χ2v) is 9.50. The molecule has 0 spiro atoms. The Hall–Kier alpha value is -2.96. The molecule has 0 radical (unpaired) electrons. The van der Waals surface area contributed by atoms with Crippen LogP contribution >= 0.6 is 0 Å². The van der Waals surface area contributed by atoms with Crippen molar-refractivity contribution in [3.8, 4) is 0 Å². The van der Waals surface area contributed by atoms with E-state index in [0.717, 1.165) is 37.7 Å². The SMILES string of the molecule is CCC[C@H](NC(=O)[C@@H]1[C@H]2CCC[C@H]2CN1C(=O)/C=C/c1ccccc1)C(=O)C(=O)NC1CC1. The second kappa shape index (κ2) is 10.3. The predicted molar refractivity (Wildman–Crippen MR) is 125 cm³/mol. The molecule has 1 heterocycles. The highest BCUT2D eigenvalue weighted by atomic mass is 16.2. The number of ketones is 1. The molecular weight excluding hydrogens is 418 g/mol. The van der Waals surface area contributed by atoms with Crippen molar-refractivity contribution in [1.29, 1.82) is 0 Å². The van der Waals surface area contributed by atoms with Crippen LogP contribution in [0.2, 0.25) is 0 Å². The molecule has 4 atom stereocenters. The fourth-order valence-corrected chi connectivity index (χ4v) is 5.15. The van der Waals surface area contributed by atoms with Crippen LogP contribution in [0.25, 0.3) is 6.08 Å². The summed E-state index contributed by atoms with van der Waals surface area (Å²) in [5.41, 5.74) is 0.918. The van der Waals surface area contributed by atoms with Crippen LogP contribution in [0.3, 0.4) is 0 Å². The number of carbonyl (C=O) groups is 4. The summed E-state index contributed by atoms with van der Waals surface area (Å²) in [5, 5.41) is 5.56. The average molecular weight is 452 g/mol. The van der Waals surface area contributed by atoms with Gasteiger partial charge in [0, 0.05) is 18.7 Å². The number of likely N-dealkylation sites (tertiary alicyclic amines) is 1. The largest absolute Gasteiger partial charge is 0.347 e. The topological polar surface area (TPSA) is 95.6 Å². The van der Waals surface area contributed by atoms with E-state index in [-0.39, 0.29) is 23.8 Å². The number of nitrogens with zero attached hydrogens (tertiary/aromatic N) is 1. The monoisotopic (exact) mass is 451 g/mol. The van der Waals surface area contributed by atoms with E-state index in [1.54, 1.807) is 11.0 Å². The fraction of sp³-hybridized carbons (Fsp3) is 0.538. The Bertz CT molecular complexity index is 925. The number of amides is 3. The number of benzene rings is 1. The van der Waals surface area contributed by atoms with E-state index in [1.807, 2.05) is 37.3 Å². The Labute approximate surface area is 195 Å². The van der Waals surface area contributed by atoms with Crippen LogP contribution in [0.5, 0.6) is 0 Å². The first kappa shape index (κ1) is 23.2. The zero-order valence-electron chi connectivity index (χ0n) is 19.2. The number of hydrogen-bond acceptors (Lipinski definition) is 4. The molecule has 2 saturated carbocycles. The molecule has 7 nitrogen and oxygen atoms in total. The molecule has 1 aliphatic heterocycles. The highest BCUT2D eigenvalue weighted by Crippen LogP contribution is 2.42. The molecule has 1 aromatic carbocycles. The first-order valence-corrected chi connectivity index (χ1v) is 12.2. The van der Waals surface area contributed by atoms with Gasteiger partial charge in [0.1, 0.15) is 6.04 Å². The maximum Gasteiger partial charge on any atom is 0.289 e. The van der Waals surface area contributed by atoms with Gasteiger partial charge < -0.3 is 15.5 Å². The van der Waals surface area contributed by atoms with Gasteiger partial charge in [-0.25, -0.2) is 0 Å². The Balaban J connectivity index is 1.47. The number of carbonyl (C=O) groups excluding carboxylic acids is 4. The van der Waals surface area contributed by atoms with Crippen molar-refractivity contribution in [3.63, 3.8) is 0 Å². The lowest BCUT2D eigenvalue weighted by atomic mass is 9.93. The summed E-state index contributed by atoms with van der Waals surface area (Å²) in [6.45, 7) is 2.47. The lowest BCUT2D eigenvalue weighted by molar-refractivity contribution is -0.142. The summed E-state index contributed by atoms with van der Waals surface area (Å²) in [7, 11) is 0. The Kier molecular flexibility index (Phi) is 7.26. The molecule has 0 bridgehead atoms. The van der Waals surface area contributed by atoms with Crippen LogP contribution in [0.15, 0.2) is 36.4 Å². The third-order valence-electron chi connectivity index (χ3n) is 7.01. The van der Waals surface area contributed by atoms with Crippen molar-refractivity contribution in [2.24, 2.45) is 11.8 Å². The van der Waals surface area contributed by atoms with Gasteiger partial charge in [-0.1, -0.05) is 50.1 Å². The van der Waals surface area contributed by atoms with Crippen LogP contribution in [0.1, 0.15) is 57.4 Å². The van der Waals surface area contributed by atoms with Gasteiger partial charge in [0.15, 0.2) is 0 Å². The summed E-state index contributed by atoms with van der Waals surface area (Å²) >= 11 is 0. The number of nitrogens with one attached hydrogen (secondary N) is 2. The summed E-state index contributed by atoms with van der Waals surface area (Å²) in [5.74, 6) is -1.35. The van der Waals surface area contributed by atoms with E-state index in [4.69, 9.17) is 0 Å². The predicted octanol–water partition coefficient (Wildman–Crippen LogP) is 2.46. The molecule has 3 aliphatic rings. The fourth-order valence-electron chi connectivity index (χ4n) is 5.15. The van der Waals surface area contributed by atoms with Crippen molar-refractivity contribution < 1.29 is 19.2 Å². The van der Waals surface area contributed by atoms with Crippen molar-refractivity contribution in [3.05, 3.63) is 42.0 Å². The Morgan fingerprint density at radius 1 is 1.09 bits per heavy atom. The second-order valence-electron chi connectivity index (χ2n) is 9.50. The lowest BCUT2D eigenvalue weighted by Gasteiger charge is -2.28. The molecule has 4 rings (SSSR count).